The van der Waals surface area contributed by atoms with Gasteiger partial charge < -0.3 is 19.3 Å². The predicted molar refractivity (Wildman–Crippen MR) is 141 cm³/mol. The van der Waals surface area contributed by atoms with Crippen LogP contribution in [0.15, 0.2) is 59.4 Å². The van der Waals surface area contributed by atoms with Crippen molar-refractivity contribution >= 4 is 12.4 Å². The van der Waals surface area contributed by atoms with E-state index in [1.807, 2.05) is 37.4 Å². The molecular weight excluding hydrogens is 484 g/mol. The summed E-state index contributed by atoms with van der Waals surface area (Å²) in [5.41, 5.74) is 2.57. The molecule has 9 heteroatoms. The number of hydrogen-bond acceptors (Lipinski definition) is 7. The minimum absolute atomic E-state index is 0.118. The summed E-state index contributed by atoms with van der Waals surface area (Å²) in [4.78, 5) is 45.5. The molecule has 0 radical (unpaired) electrons. The number of ether oxygens (including phenoxy) is 1. The summed E-state index contributed by atoms with van der Waals surface area (Å²) in [5, 5.41) is 10.4. The maximum absolute atomic E-state index is 13.0. The standard InChI is InChI=1S/C29H32N4O5/c1-31(23-16-21-10-5-6-11-22(21)17-23)14-15-32-25(18-34)26(35)28(36)30-27(32)24-12-7-13-33(24)29(37)38-19-20-8-3-2-4-9-20/h2-6,8-11,18,23-24,35H,7,12-17,19H2,1H3. The molecule has 9 nitrogen and oxygen atoms in total. The van der Waals surface area contributed by atoms with E-state index in [-0.39, 0.29) is 12.3 Å². The summed E-state index contributed by atoms with van der Waals surface area (Å²) >= 11 is 0. The lowest BCUT2D eigenvalue weighted by atomic mass is 10.1. The van der Waals surface area contributed by atoms with Crippen LogP contribution >= 0.6 is 0 Å². The Bertz CT molecular complexity index is 1350. The average molecular weight is 517 g/mol. The van der Waals surface area contributed by atoms with Crippen LogP contribution < -0.4 is 5.56 Å². The number of fused-ring (bicyclic) bond motifs is 1. The van der Waals surface area contributed by atoms with E-state index >= 15 is 0 Å². The Hall–Kier alpha value is -3.98. The highest BCUT2D eigenvalue weighted by Gasteiger charge is 2.35. The van der Waals surface area contributed by atoms with Gasteiger partial charge in [0.25, 0.3) is 0 Å². The van der Waals surface area contributed by atoms with Gasteiger partial charge in [-0.15, -0.1) is 0 Å². The summed E-state index contributed by atoms with van der Waals surface area (Å²) in [6.07, 6.45) is 3.15. The minimum atomic E-state index is -0.873. The molecule has 0 saturated carbocycles. The fourth-order valence-electron chi connectivity index (χ4n) is 5.53. The molecule has 2 aromatic carbocycles. The number of aldehydes is 1. The zero-order valence-electron chi connectivity index (χ0n) is 21.5. The van der Waals surface area contributed by atoms with Gasteiger partial charge in [-0.25, -0.2) is 4.79 Å². The molecule has 2 heterocycles. The number of benzene rings is 2. The van der Waals surface area contributed by atoms with E-state index in [0.717, 1.165) is 18.4 Å². The average Bonchev–Trinajstić information content (AvgIpc) is 3.60. The maximum Gasteiger partial charge on any atom is 0.410 e. The van der Waals surface area contributed by atoms with Crippen molar-refractivity contribution in [2.24, 2.45) is 0 Å². The molecule has 1 aliphatic carbocycles. The van der Waals surface area contributed by atoms with Gasteiger partial charge in [0.1, 0.15) is 18.1 Å². The second kappa shape index (κ2) is 11.2. The van der Waals surface area contributed by atoms with E-state index in [0.29, 0.717) is 50.6 Å². The lowest BCUT2D eigenvalue weighted by molar-refractivity contribution is 0.0897. The zero-order chi connectivity index (χ0) is 26.6. The van der Waals surface area contributed by atoms with Crippen molar-refractivity contribution in [3.63, 3.8) is 0 Å². The molecule has 3 aromatic rings. The number of amides is 1. The summed E-state index contributed by atoms with van der Waals surface area (Å²) in [6, 6.07) is 17.6. The number of likely N-dealkylation sites (N-methyl/N-ethyl adjacent to an activating group) is 1. The first-order valence-electron chi connectivity index (χ1n) is 13.0. The molecule has 1 fully saturated rings. The molecule has 1 aromatic heterocycles. The summed E-state index contributed by atoms with van der Waals surface area (Å²) in [5.74, 6) is -0.372. The number of likely N-dealkylation sites (tertiary alicyclic amines) is 1. The molecule has 1 N–H and O–H groups in total. The highest BCUT2D eigenvalue weighted by atomic mass is 16.6. The summed E-state index contributed by atoms with van der Waals surface area (Å²) in [6.45, 7) is 1.48. The van der Waals surface area contributed by atoms with Crippen molar-refractivity contribution in [1.29, 1.82) is 0 Å². The second-order valence-electron chi connectivity index (χ2n) is 9.98. The smallest absolute Gasteiger partial charge is 0.410 e. The minimum Gasteiger partial charge on any atom is -0.501 e. The van der Waals surface area contributed by atoms with Crippen LogP contribution in [-0.2, 0) is 30.7 Å². The zero-order valence-corrected chi connectivity index (χ0v) is 21.5. The number of nitrogens with zero attached hydrogens (tertiary/aromatic N) is 4. The Kier molecular flexibility index (Phi) is 7.55. The van der Waals surface area contributed by atoms with Gasteiger partial charge in [0, 0.05) is 25.7 Å². The van der Waals surface area contributed by atoms with Gasteiger partial charge in [0.2, 0.25) is 5.75 Å². The van der Waals surface area contributed by atoms with Gasteiger partial charge >= 0.3 is 11.7 Å². The highest BCUT2D eigenvalue weighted by molar-refractivity contribution is 5.76. The van der Waals surface area contributed by atoms with Crippen molar-refractivity contribution in [2.75, 3.05) is 20.1 Å². The lowest BCUT2D eigenvalue weighted by Gasteiger charge is -2.29. The van der Waals surface area contributed by atoms with Crippen LogP contribution in [0.3, 0.4) is 0 Å². The molecule has 1 unspecified atom stereocenters. The highest BCUT2D eigenvalue weighted by Crippen LogP contribution is 2.32. The Morgan fingerprint density at radius 3 is 2.50 bits per heavy atom. The van der Waals surface area contributed by atoms with Crippen LogP contribution in [0.4, 0.5) is 4.79 Å². The molecule has 0 bridgehead atoms. The molecule has 0 spiro atoms. The molecule has 1 atom stereocenters. The Balaban J connectivity index is 1.35. The van der Waals surface area contributed by atoms with Gasteiger partial charge in [-0.2, -0.15) is 4.98 Å². The molecule has 1 aliphatic heterocycles. The van der Waals surface area contributed by atoms with Crippen LogP contribution in [0, 0.1) is 0 Å². The molecule has 2 aliphatic rings. The monoisotopic (exact) mass is 516 g/mol. The summed E-state index contributed by atoms with van der Waals surface area (Å²) in [7, 11) is 2.04. The molecule has 1 saturated heterocycles. The molecule has 38 heavy (non-hydrogen) atoms. The van der Waals surface area contributed by atoms with E-state index < -0.39 is 23.4 Å². The van der Waals surface area contributed by atoms with E-state index in [4.69, 9.17) is 4.74 Å². The normalized spacial score (nSPS) is 17.1. The molecule has 1 amide bonds. The third-order valence-electron chi connectivity index (χ3n) is 7.66. The number of rotatable bonds is 8. The first-order valence-corrected chi connectivity index (χ1v) is 13.0. The van der Waals surface area contributed by atoms with Crippen LogP contribution in [0.25, 0.3) is 0 Å². The Morgan fingerprint density at radius 2 is 1.82 bits per heavy atom. The third kappa shape index (κ3) is 5.19. The van der Waals surface area contributed by atoms with Crippen molar-refractivity contribution < 1.29 is 19.4 Å². The van der Waals surface area contributed by atoms with Gasteiger partial charge in [0.15, 0.2) is 6.29 Å². The van der Waals surface area contributed by atoms with Crippen LogP contribution in [0.2, 0.25) is 0 Å². The molecule has 198 valence electrons. The van der Waals surface area contributed by atoms with Crippen LogP contribution in [0.1, 0.15) is 51.9 Å². The van der Waals surface area contributed by atoms with E-state index in [1.54, 1.807) is 9.47 Å². The number of aromatic hydroxyl groups is 1. The topological polar surface area (TPSA) is 105 Å². The number of aromatic nitrogens is 2. The van der Waals surface area contributed by atoms with Crippen molar-refractivity contribution in [3.05, 3.63) is 93.2 Å². The van der Waals surface area contributed by atoms with Crippen LogP contribution in [-0.4, -0.2) is 63.0 Å². The van der Waals surface area contributed by atoms with Crippen molar-refractivity contribution in [2.45, 2.75) is 50.9 Å². The SMILES string of the molecule is CN(CCn1c(C2CCCN2C(=O)OCc2ccccc2)nc(=O)c(O)c1C=O)C1Cc2ccccc2C1. The van der Waals surface area contributed by atoms with Gasteiger partial charge in [-0.1, -0.05) is 54.6 Å². The second-order valence-corrected chi connectivity index (χ2v) is 9.98. The van der Waals surface area contributed by atoms with Crippen molar-refractivity contribution in [3.8, 4) is 5.75 Å². The number of carbonyl (C=O) groups excluding carboxylic acids is 2. The van der Waals surface area contributed by atoms with Crippen molar-refractivity contribution in [1.82, 2.24) is 19.4 Å². The van der Waals surface area contributed by atoms with E-state index in [2.05, 4.69) is 34.1 Å². The fraction of sp³-hybridized carbons (Fsp3) is 0.379. The summed E-state index contributed by atoms with van der Waals surface area (Å²) < 4.78 is 7.15. The van der Waals surface area contributed by atoms with E-state index in [1.165, 1.54) is 11.1 Å². The fourth-order valence-corrected chi connectivity index (χ4v) is 5.53. The quantitative estimate of drug-likeness (QED) is 0.458. The number of hydrogen-bond donors (Lipinski definition) is 1. The van der Waals surface area contributed by atoms with Gasteiger partial charge in [0.05, 0.1) is 6.04 Å². The predicted octanol–water partition coefficient (Wildman–Crippen LogP) is 3.33. The van der Waals surface area contributed by atoms with E-state index in [9.17, 15) is 19.5 Å². The third-order valence-corrected chi connectivity index (χ3v) is 7.66. The first kappa shape index (κ1) is 25.7. The molecule has 5 rings (SSSR count). The lowest BCUT2D eigenvalue weighted by Crippen LogP contribution is -2.38. The number of carbonyl (C=O) groups is 2. The Morgan fingerprint density at radius 1 is 1.13 bits per heavy atom. The van der Waals surface area contributed by atoms with Gasteiger partial charge in [-0.05, 0) is 49.4 Å². The first-order chi connectivity index (χ1) is 18.5. The van der Waals surface area contributed by atoms with Gasteiger partial charge in [-0.3, -0.25) is 14.5 Å². The largest absolute Gasteiger partial charge is 0.501 e. The maximum atomic E-state index is 13.0. The Labute approximate surface area is 221 Å². The van der Waals surface area contributed by atoms with Crippen LogP contribution in [0.5, 0.6) is 5.75 Å². The molecular formula is C29H32N4O5.